The van der Waals surface area contributed by atoms with Crippen molar-refractivity contribution < 1.29 is 19.1 Å². The van der Waals surface area contributed by atoms with E-state index >= 15 is 0 Å². The molecule has 1 aromatic rings. The smallest absolute Gasteiger partial charge is 0.328 e. The number of piperidine rings is 1. The molecule has 4 amide bonds. The lowest BCUT2D eigenvalue weighted by molar-refractivity contribution is -0.120. The standard InChI is InChI=1S/C22H30N4O4/c1-30-19-3-2-17(13-18(19)26-11-7-20(27)24-22(26)29)21(28)25-10-6-16(14-25)12-15-4-8-23-9-5-15/h2-3,13,15-16,23H,4-12,14H2,1H3,(H,24,27,29). The molecule has 3 heterocycles. The molecule has 8 nitrogen and oxygen atoms in total. The highest BCUT2D eigenvalue weighted by molar-refractivity contribution is 6.07. The number of urea groups is 1. The van der Waals surface area contributed by atoms with E-state index in [1.165, 1.54) is 31.3 Å². The Kier molecular flexibility index (Phi) is 6.22. The van der Waals surface area contributed by atoms with Crippen molar-refractivity contribution in [2.45, 2.75) is 32.1 Å². The average molecular weight is 415 g/mol. The summed E-state index contributed by atoms with van der Waals surface area (Å²) >= 11 is 0. The largest absolute Gasteiger partial charge is 0.495 e. The van der Waals surface area contributed by atoms with Gasteiger partial charge in [0.1, 0.15) is 5.75 Å². The fourth-order valence-corrected chi connectivity index (χ4v) is 4.81. The first-order valence-electron chi connectivity index (χ1n) is 10.8. The zero-order valence-corrected chi connectivity index (χ0v) is 17.5. The van der Waals surface area contributed by atoms with Gasteiger partial charge in [0.05, 0.1) is 12.8 Å². The normalized spacial score (nSPS) is 22.9. The number of benzene rings is 1. The molecule has 0 aliphatic carbocycles. The van der Waals surface area contributed by atoms with E-state index in [4.69, 9.17) is 4.74 Å². The van der Waals surface area contributed by atoms with Gasteiger partial charge in [-0.05, 0) is 68.8 Å². The van der Waals surface area contributed by atoms with E-state index in [9.17, 15) is 14.4 Å². The molecule has 162 valence electrons. The van der Waals surface area contributed by atoms with Crippen LogP contribution in [0.2, 0.25) is 0 Å². The molecule has 3 saturated heterocycles. The quantitative estimate of drug-likeness (QED) is 0.769. The topological polar surface area (TPSA) is 91.0 Å². The van der Waals surface area contributed by atoms with E-state index in [1.807, 2.05) is 4.90 Å². The number of nitrogens with one attached hydrogen (secondary N) is 2. The second-order valence-corrected chi connectivity index (χ2v) is 8.48. The van der Waals surface area contributed by atoms with Gasteiger partial charge in [0.15, 0.2) is 0 Å². The van der Waals surface area contributed by atoms with Gasteiger partial charge in [0, 0.05) is 31.6 Å². The molecule has 0 spiro atoms. The molecule has 0 radical (unpaired) electrons. The lowest BCUT2D eigenvalue weighted by atomic mass is 9.87. The summed E-state index contributed by atoms with van der Waals surface area (Å²) in [4.78, 5) is 40.3. The molecule has 1 atom stereocenters. The zero-order chi connectivity index (χ0) is 21.1. The number of anilines is 1. The van der Waals surface area contributed by atoms with Crippen LogP contribution in [0.15, 0.2) is 18.2 Å². The van der Waals surface area contributed by atoms with Crippen molar-refractivity contribution >= 4 is 23.5 Å². The predicted molar refractivity (Wildman–Crippen MR) is 113 cm³/mol. The fraction of sp³-hybridized carbons (Fsp3) is 0.591. The molecule has 8 heteroatoms. The van der Waals surface area contributed by atoms with Gasteiger partial charge in [-0.1, -0.05) is 0 Å². The molecule has 1 unspecified atom stereocenters. The summed E-state index contributed by atoms with van der Waals surface area (Å²) in [6.45, 7) is 4.03. The van der Waals surface area contributed by atoms with E-state index in [0.29, 0.717) is 22.9 Å². The van der Waals surface area contributed by atoms with Crippen molar-refractivity contribution in [2.75, 3.05) is 44.7 Å². The minimum absolute atomic E-state index is 0.0137. The Morgan fingerprint density at radius 1 is 1.13 bits per heavy atom. The molecule has 30 heavy (non-hydrogen) atoms. The number of likely N-dealkylation sites (tertiary alicyclic amines) is 1. The summed E-state index contributed by atoms with van der Waals surface area (Å²) in [5.74, 6) is 1.52. The van der Waals surface area contributed by atoms with E-state index in [0.717, 1.165) is 38.5 Å². The second-order valence-electron chi connectivity index (χ2n) is 8.48. The van der Waals surface area contributed by atoms with Crippen molar-refractivity contribution in [3.63, 3.8) is 0 Å². The maximum Gasteiger partial charge on any atom is 0.328 e. The Morgan fingerprint density at radius 2 is 1.93 bits per heavy atom. The third kappa shape index (κ3) is 4.43. The van der Waals surface area contributed by atoms with Gasteiger partial charge >= 0.3 is 6.03 Å². The number of imide groups is 1. The number of carbonyl (C=O) groups excluding carboxylic acids is 3. The molecule has 2 N–H and O–H groups in total. The average Bonchev–Trinajstić information content (AvgIpc) is 3.22. The van der Waals surface area contributed by atoms with Crippen LogP contribution < -0.4 is 20.3 Å². The van der Waals surface area contributed by atoms with Crippen LogP contribution in [0.4, 0.5) is 10.5 Å². The number of hydrogen-bond donors (Lipinski definition) is 2. The maximum atomic E-state index is 13.2. The minimum atomic E-state index is -0.489. The van der Waals surface area contributed by atoms with Crippen molar-refractivity contribution in [1.82, 2.24) is 15.5 Å². The van der Waals surface area contributed by atoms with Gasteiger partial charge in [-0.2, -0.15) is 0 Å². The van der Waals surface area contributed by atoms with Gasteiger partial charge < -0.3 is 15.0 Å². The number of ether oxygens (including phenoxy) is 1. The molecule has 3 fully saturated rings. The Hall–Kier alpha value is -2.61. The van der Waals surface area contributed by atoms with Crippen molar-refractivity contribution in [2.24, 2.45) is 11.8 Å². The summed E-state index contributed by atoms with van der Waals surface area (Å²) in [7, 11) is 1.53. The lowest BCUT2D eigenvalue weighted by Gasteiger charge is -2.28. The fourth-order valence-electron chi connectivity index (χ4n) is 4.81. The predicted octanol–water partition coefficient (Wildman–Crippen LogP) is 1.99. The molecular formula is C22H30N4O4. The van der Waals surface area contributed by atoms with Crippen molar-refractivity contribution in [3.8, 4) is 5.75 Å². The molecular weight excluding hydrogens is 384 g/mol. The summed E-state index contributed by atoms with van der Waals surface area (Å²) in [5.41, 5.74) is 1.05. The third-order valence-corrected chi connectivity index (χ3v) is 6.47. The zero-order valence-electron chi connectivity index (χ0n) is 17.5. The highest BCUT2D eigenvalue weighted by Crippen LogP contribution is 2.33. The first kappa shape index (κ1) is 20.7. The number of amides is 4. The second kappa shape index (κ2) is 9.04. The van der Waals surface area contributed by atoms with Crippen LogP contribution in [0, 0.1) is 11.8 Å². The van der Waals surface area contributed by atoms with Gasteiger partial charge in [-0.25, -0.2) is 4.79 Å². The van der Waals surface area contributed by atoms with Crippen LogP contribution in [0.1, 0.15) is 42.5 Å². The Morgan fingerprint density at radius 3 is 2.67 bits per heavy atom. The minimum Gasteiger partial charge on any atom is -0.495 e. The van der Waals surface area contributed by atoms with Crippen molar-refractivity contribution in [3.05, 3.63) is 23.8 Å². The summed E-state index contributed by atoms with van der Waals surface area (Å²) in [6.07, 6.45) is 4.92. The highest BCUT2D eigenvalue weighted by atomic mass is 16.5. The number of hydrogen-bond acceptors (Lipinski definition) is 5. The van der Waals surface area contributed by atoms with Crippen LogP contribution in [0.25, 0.3) is 0 Å². The van der Waals surface area contributed by atoms with E-state index < -0.39 is 6.03 Å². The lowest BCUT2D eigenvalue weighted by Crippen LogP contribution is -2.49. The van der Waals surface area contributed by atoms with Crippen LogP contribution in [0.3, 0.4) is 0 Å². The van der Waals surface area contributed by atoms with Crippen molar-refractivity contribution in [1.29, 1.82) is 0 Å². The third-order valence-electron chi connectivity index (χ3n) is 6.47. The summed E-state index contributed by atoms with van der Waals surface area (Å²) < 4.78 is 5.40. The molecule has 1 aromatic carbocycles. The molecule has 3 aliphatic rings. The monoisotopic (exact) mass is 414 g/mol. The van der Waals surface area contributed by atoms with Gasteiger partial charge in [0.25, 0.3) is 5.91 Å². The van der Waals surface area contributed by atoms with E-state index in [-0.39, 0.29) is 24.8 Å². The first-order chi connectivity index (χ1) is 14.5. The Bertz CT molecular complexity index is 821. The first-order valence-corrected chi connectivity index (χ1v) is 10.8. The molecule has 0 aromatic heterocycles. The number of methoxy groups -OCH3 is 1. The Labute approximate surface area is 176 Å². The van der Waals surface area contributed by atoms with Gasteiger partial charge in [0.2, 0.25) is 5.91 Å². The number of carbonyl (C=O) groups is 3. The van der Waals surface area contributed by atoms with Gasteiger partial charge in [-0.15, -0.1) is 0 Å². The molecule has 0 bridgehead atoms. The SMILES string of the molecule is COc1ccc(C(=O)N2CCC(CC3CCNCC3)C2)cc1N1CCC(=O)NC1=O. The number of rotatable bonds is 5. The maximum absolute atomic E-state index is 13.2. The highest BCUT2D eigenvalue weighted by Gasteiger charge is 2.31. The van der Waals surface area contributed by atoms with E-state index in [1.54, 1.807) is 18.2 Å². The molecule has 0 saturated carbocycles. The molecule has 3 aliphatic heterocycles. The molecule has 4 rings (SSSR count). The van der Waals surface area contributed by atoms with Crippen LogP contribution in [-0.2, 0) is 4.79 Å². The van der Waals surface area contributed by atoms with Crippen LogP contribution in [0.5, 0.6) is 5.75 Å². The summed E-state index contributed by atoms with van der Waals surface area (Å²) in [6, 6.07) is 4.68. The van der Waals surface area contributed by atoms with Crippen LogP contribution in [-0.4, -0.2) is 62.6 Å². The Balaban J connectivity index is 1.45. The van der Waals surface area contributed by atoms with Crippen LogP contribution >= 0.6 is 0 Å². The summed E-state index contributed by atoms with van der Waals surface area (Å²) in [5, 5.41) is 5.73. The number of nitrogens with zero attached hydrogens (tertiary/aromatic N) is 2. The van der Waals surface area contributed by atoms with Gasteiger partial charge in [-0.3, -0.25) is 19.8 Å². The van der Waals surface area contributed by atoms with E-state index in [2.05, 4.69) is 10.6 Å².